The smallest absolute Gasteiger partial charge is 0.172 e. The molecule has 0 unspecified atom stereocenters. The lowest BCUT2D eigenvalue weighted by atomic mass is 9.91. The molecule has 0 bridgehead atoms. The Balaban J connectivity index is 1.64. The van der Waals surface area contributed by atoms with Crippen molar-refractivity contribution in [2.24, 2.45) is 0 Å². The number of rotatable bonds is 1. The van der Waals surface area contributed by atoms with Crippen LogP contribution in [0.2, 0.25) is 0 Å². The molecule has 3 heteroatoms. The Bertz CT molecular complexity index is 671. The number of fused-ring (bicyclic) bond motifs is 1. The van der Waals surface area contributed by atoms with Crippen molar-refractivity contribution < 1.29 is 9.47 Å². The van der Waals surface area contributed by atoms with E-state index in [1.807, 2.05) is 12.3 Å². The van der Waals surface area contributed by atoms with E-state index in [2.05, 4.69) is 35.3 Å². The fraction of sp³-hybridized carbons (Fsp3) is 0.353. The number of allylic oxidation sites excluding steroid dienone is 1. The van der Waals surface area contributed by atoms with Gasteiger partial charge in [0.1, 0.15) is 0 Å². The van der Waals surface area contributed by atoms with Crippen molar-refractivity contribution in [3.8, 4) is 0 Å². The highest BCUT2D eigenvalue weighted by molar-refractivity contribution is 5.84. The molecule has 0 radical (unpaired) electrons. The van der Waals surface area contributed by atoms with E-state index >= 15 is 0 Å². The summed E-state index contributed by atoms with van der Waals surface area (Å²) in [6.07, 6.45) is 6.90. The predicted molar refractivity (Wildman–Crippen MR) is 78.2 cm³/mol. The van der Waals surface area contributed by atoms with Crippen LogP contribution < -0.4 is 0 Å². The minimum atomic E-state index is -0.347. The first-order chi connectivity index (χ1) is 9.85. The highest BCUT2D eigenvalue weighted by Crippen LogP contribution is 2.38. The molecule has 3 nitrogen and oxygen atoms in total. The number of benzene rings is 1. The van der Waals surface area contributed by atoms with Gasteiger partial charge in [0.05, 0.1) is 18.9 Å². The van der Waals surface area contributed by atoms with Gasteiger partial charge in [-0.05, 0) is 23.4 Å². The average molecular weight is 267 g/mol. The maximum absolute atomic E-state index is 5.75. The third-order valence-electron chi connectivity index (χ3n) is 4.21. The molecular formula is C17H17NO2. The molecule has 0 atom stereocenters. The summed E-state index contributed by atoms with van der Waals surface area (Å²) in [6, 6.07) is 10.5. The van der Waals surface area contributed by atoms with Gasteiger partial charge in [0.15, 0.2) is 5.79 Å². The number of aromatic nitrogens is 1. The summed E-state index contributed by atoms with van der Waals surface area (Å²) in [7, 11) is 0. The molecule has 0 saturated carbocycles. The van der Waals surface area contributed by atoms with E-state index in [4.69, 9.17) is 9.47 Å². The van der Waals surface area contributed by atoms with Crippen LogP contribution in [0.5, 0.6) is 0 Å². The maximum atomic E-state index is 5.75. The summed E-state index contributed by atoms with van der Waals surface area (Å²) in [6.45, 7) is 1.44. The SMILES string of the molecule is C1=C(c2cc3ccccc3cn2)CCC2(C1)OCCO2. The molecule has 2 heterocycles. The second-order valence-corrected chi connectivity index (χ2v) is 5.46. The van der Waals surface area contributed by atoms with E-state index in [-0.39, 0.29) is 5.79 Å². The van der Waals surface area contributed by atoms with Crippen molar-refractivity contribution in [2.75, 3.05) is 13.2 Å². The Hall–Kier alpha value is -1.71. The fourth-order valence-electron chi connectivity index (χ4n) is 3.06. The third kappa shape index (κ3) is 2.03. The minimum Gasteiger partial charge on any atom is -0.347 e. The molecule has 20 heavy (non-hydrogen) atoms. The van der Waals surface area contributed by atoms with Crippen LogP contribution in [0.3, 0.4) is 0 Å². The Morgan fingerprint density at radius 3 is 2.60 bits per heavy atom. The van der Waals surface area contributed by atoms with Crippen molar-refractivity contribution in [3.63, 3.8) is 0 Å². The van der Waals surface area contributed by atoms with Crippen LogP contribution in [-0.4, -0.2) is 24.0 Å². The highest BCUT2D eigenvalue weighted by atomic mass is 16.7. The van der Waals surface area contributed by atoms with Crippen molar-refractivity contribution in [2.45, 2.75) is 25.0 Å². The van der Waals surface area contributed by atoms with E-state index in [1.54, 1.807) is 0 Å². The Labute approximate surface area is 118 Å². The molecule has 1 aliphatic carbocycles. The Morgan fingerprint density at radius 2 is 1.85 bits per heavy atom. The van der Waals surface area contributed by atoms with Crippen LogP contribution in [0.4, 0.5) is 0 Å². The minimum absolute atomic E-state index is 0.347. The highest BCUT2D eigenvalue weighted by Gasteiger charge is 2.37. The van der Waals surface area contributed by atoms with E-state index in [0.29, 0.717) is 0 Å². The second kappa shape index (κ2) is 4.69. The molecule has 1 spiro atoms. The zero-order valence-electron chi connectivity index (χ0n) is 11.3. The van der Waals surface area contributed by atoms with E-state index in [0.717, 1.165) is 38.2 Å². The maximum Gasteiger partial charge on any atom is 0.172 e. The average Bonchev–Trinajstić information content (AvgIpc) is 2.96. The van der Waals surface area contributed by atoms with Gasteiger partial charge in [0, 0.05) is 24.4 Å². The number of hydrogen-bond donors (Lipinski definition) is 0. The third-order valence-corrected chi connectivity index (χ3v) is 4.21. The van der Waals surface area contributed by atoms with E-state index in [1.165, 1.54) is 16.3 Å². The lowest BCUT2D eigenvalue weighted by Crippen LogP contribution is -2.31. The van der Waals surface area contributed by atoms with Gasteiger partial charge in [-0.3, -0.25) is 4.98 Å². The van der Waals surface area contributed by atoms with Crippen LogP contribution in [0.1, 0.15) is 25.0 Å². The molecule has 2 aromatic rings. The summed E-state index contributed by atoms with van der Waals surface area (Å²) in [5, 5.41) is 2.43. The standard InChI is InChI=1S/C17H17NO2/c1-2-4-15-12-18-16(11-14(15)3-1)13-5-7-17(8-6-13)19-9-10-20-17/h1-5,11-12H,6-10H2. The summed E-state index contributed by atoms with van der Waals surface area (Å²) < 4.78 is 11.5. The molecule has 0 amide bonds. The molecule has 1 aromatic carbocycles. The predicted octanol–water partition coefficient (Wildman–Crippen LogP) is 3.55. The van der Waals surface area contributed by atoms with Crippen molar-refractivity contribution >= 4 is 16.3 Å². The van der Waals surface area contributed by atoms with Crippen molar-refractivity contribution in [1.82, 2.24) is 4.98 Å². The summed E-state index contributed by atoms with van der Waals surface area (Å²) in [4.78, 5) is 4.60. The lowest BCUT2D eigenvalue weighted by Gasteiger charge is -2.30. The molecule has 1 aromatic heterocycles. The lowest BCUT2D eigenvalue weighted by molar-refractivity contribution is -0.159. The number of pyridine rings is 1. The van der Waals surface area contributed by atoms with Crippen LogP contribution in [0.25, 0.3) is 16.3 Å². The van der Waals surface area contributed by atoms with Crippen LogP contribution >= 0.6 is 0 Å². The topological polar surface area (TPSA) is 31.4 Å². The summed E-state index contributed by atoms with van der Waals surface area (Å²) in [5.41, 5.74) is 2.39. The fourth-order valence-corrected chi connectivity index (χ4v) is 3.06. The first kappa shape index (κ1) is 12.1. The summed E-state index contributed by atoms with van der Waals surface area (Å²) in [5.74, 6) is -0.347. The van der Waals surface area contributed by atoms with Crippen LogP contribution in [0.15, 0.2) is 42.6 Å². The number of ether oxygens (including phenoxy) is 2. The number of nitrogens with zero attached hydrogens (tertiary/aromatic N) is 1. The van der Waals surface area contributed by atoms with Gasteiger partial charge >= 0.3 is 0 Å². The van der Waals surface area contributed by atoms with Gasteiger partial charge in [0.2, 0.25) is 0 Å². The molecule has 1 fully saturated rings. The van der Waals surface area contributed by atoms with Gasteiger partial charge < -0.3 is 9.47 Å². The zero-order chi connectivity index (χ0) is 13.4. The van der Waals surface area contributed by atoms with Gasteiger partial charge in [-0.25, -0.2) is 0 Å². The second-order valence-electron chi connectivity index (χ2n) is 5.46. The molecule has 0 N–H and O–H groups in total. The largest absolute Gasteiger partial charge is 0.347 e. The summed E-state index contributed by atoms with van der Waals surface area (Å²) >= 11 is 0. The first-order valence-corrected chi connectivity index (χ1v) is 7.17. The number of hydrogen-bond acceptors (Lipinski definition) is 3. The van der Waals surface area contributed by atoms with E-state index < -0.39 is 0 Å². The first-order valence-electron chi connectivity index (χ1n) is 7.17. The Morgan fingerprint density at radius 1 is 1.05 bits per heavy atom. The van der Waals surface area contributed by atoms with Gasteiger partial charge in [-0.1, -0.05) is 30.3 Å². The molecule has 1 saturated heterocycles. The van der Waals surface area contributed by atoms with Crippen molar-refractivity contribution in [3.05, 3.63) is 48.3 Å². The molecule has 102 valence electrons. The van der Waals surface area contributed by atoms with E-state index in [9.17, 15) is 0 Å². The van der Waals surface area contributed by atoms with Gasteiger partial charge in [-0.2, -0.15) is 0 Å². The molecule has 2 aliphatic rings. The zero-order valence-corrected chi connectivity index (χ0v) is 11.3. The molecule has 4 rings (SSSR count). The van der Waals surface area contributed by atoms with Crippen LogP contribution in [-0.2, 0) is 9.47 Å². The molecule has 1 aliphatic heterocycles. The van der Waals surface area contributed by atoms with Gasteiger partial charge in [-0.15, -0.1) is 0 Å². The normalized spacial score (nSPS) is 21.3. The molecular weight excluding hydrogens is 250 g/mol. The monoisotopic (exact) mass is 267 g/mol. The Kier molecular flexibility index (Phi) is 2.83. The van der Waals surface area contributed by atoms with Gasteiger partial charge in [0.25, 0.3) is 0 Å². The quantitative estimate of drug-likeness (QED) is 0.792. The van der Waals surface area contributed by atoms with Crippen molar-refractivity contribution in [1.29, 1.82) is 0 Å². The van der Waals surface area contributed by atoms with Crippen LogP contribution in [0, 0.1) is 0 Å².